The standard InChI is InChI=1S/C27H34N4O3/c1-34-29-27(33)23-9-6-10-25(20-23)31-17-15-30(16-18-31)14-5-4-13-28-26(32)24-12-11-21-7-2-3-8-22(21)19-24/h2-3,6-10,19-20H,4-5,11-18H2,1H3,(H,28,32)(H,29,33). The van der Waals surface area contributed by atoms with Crippen molar-refractivity contribution in [3.05, 3.63) is 70.8 Å². The molecule has 0 atom stereocenters. The smallest absolute Gasteiger partial charge is 0.274 e. The molecule has 34 heavy (non-hydrogen) atoms. The van der Waals surface area contributed by atoms with Crippen LogP contribution >= 0.6 is 0 Å². The number of anilines is 1. The number of nitrogens with zero attached hydrogens (tertiary/aromatic N) is 2. The van der Waals surface area contributed by atoms with E-state index in [0.717, 1.165) is 69.7 Å². The van der Waals surface area contributed by atoms with Crippen LogP contribution in [0.2, 0.25) is 0 Å². The van der Waals surface area contributed by atoms with Gasteiger partial charge >= 0.3 is 0 Å². The molecule has 1 fully saturated rings. The Labute approximate surface area is 201 Å². The van der Waals surface area contributed by atoms with Gasteiger partial charge in [-0.25, -0.2) is 5.48 Å². The van der Waals surface area contributed by atoms with Gasteiger partial charge in [-0.3, -0.25) is 19.3 Å². The van der Waals surface area contributed by atoms with Gasteiger partial charge in [0.15, 0.2) is 0 Å². The van der Waals surface area contributed by atoms with Gasteiger partial charge in [-0.05, 0) is 67.6 Å². The van der Waals surface area contributed by atoms with E-state index in [1.54, 1.807) is 6.07 Å². The van der Waals surface area contributed by atoms with Crippen LogP contribution in [0.5, 0.6) is 0 Å². The molecule has 2 aliphatic rings. The summed E-state index contributed by atoms with van der Waals surface area (Å²) in [5.74, 6) is -0.163. The number of hydrogen-bond donors (Lipinski definition) is 2. The van der Waals surface area contributed by atoms with E-state index in [4.69, 9.17) is 4.84 Å². The topological polar surface area (TPSA) is 73.9 Å². The first kappa shape index (κ1) is 24.0. The zero-order valence-corrected chi connectivity index (χ0v) is 19.9. The molecular weight excluding hydrogens is 428 g/mol. The average molecular weight is 463 g/mol. The summed E-state index contributed by atoms with van der Waals surface area (Å²) in [6.07, 6.45) is 5.83. The zero-order valence-electron chi connectivity index (χ0n) is 19.9. The minimum atomic E-state index is -0.236. The van der Waals surface area contributed by atoms with Crippen molar-refractivity contribution < 1.29 is 14.4 Å². The molecule has 0 aromatic heterocycles. The van der Waals surface area contributed by atoms with Crippen LogP contribution in [-0.4, -0.2) is 63.1 Å². The Morgan fingerprint density at radius 2 is 1.76 bits per heavy atom. The highest BCUT2D eigenvalue weighted by Gasteiger charge is 2.18. The lowest BCUT2D eigenvalue weighted by Crippen LogP contribution is -2.46. The van der Waals surface area contributed by atoms with E-state index in [1.807, 2.05) is 30.3 Å². The summed E-state index contributed by atoms with van der Waals surface area (Å²) >= 11 is 0. The molecule has 0 spiro atoms. The lowest BCUT2D eigenvalue weighted by atomic mass is 9.92. The van der Waals surface area contributed by atoms with Gasteiger partial charge in [-0.15, -0.1) is 0 Å². The van der Waals surface area contributed by atoms with Gasteiger partial charge in [0.25, 0.3) is 5.91 Å². The van der Waals surface area contributed by atoms with Crippen LogP contribution in [0.1, 0.15) is 40.7 Å². The Morgan fingerprint density at radius 1 is 0.941 bits per heavy atom. The predicted molar refractivity (Wildman–Crippen MR) is 135 cm³/mol. The van der Waals surface area contributed by atoms with Gasteiger partial charge in [-0.1, -0.05) is 30.3 Å². The molecule has 0 radical (unpaired) electrons. The molecule has 0 unspecified atom stereocenters. The van der Waals surface area contributed by atoms with Crippen LogP contribution in [0.15, 0.2) is 54.1 Å². The van der Waals surface area contributed by atoms with E-state index >= 15 is 0 Å². The predicted octanol–water partition coefficient (Wildman–Crippen LogP) is 3.03. The molecule has 0 bridgehead atoms. The number of unbranched alkanes of at least 4 members (excludes halogenated alkanes) is 1. The second-order valence-electron chi connectivity index (χ2n) is 8.85. The van der Waals surface area contributed by atoms with Gasteiger partial charge in [0, 0.05) is 49.5 Å². The summed E-state index contributed by atoms with van der Waals surface area (Å²) in [6.45, 7) is 5.61. The highest BCUT2D eigenvalue weighted by atomic mass is 16.6. The van der Waals surface area contributed by atoms with Crippen molar-refractivity contribution in [2.45, 2.75) is 25.7 Å². The first-order valence-electron chi connectivity index (χ1n) is 12.1. The lowest BCUT2D eigenvalue weighted by molar-refractivity contribution is -0.117. The minimum absolute atomic E-state index is 0.0736. The van der Waals surface area contributed by atoms with E-state index in [2.05, 4.69) is 38.8 Å². The van der Waals surface area contributed by atoms with Gasteiger partial charge < -0.3 is 10.2 Å². The Kier molecular flexibility index (Phi) is 8.33. The number of aryl methyl sites for hydroxylation is 1. The van der Waals surface area contributed by atoms with Gasteiger partial charge in [0.2, 0.25) is 5.91 Å². The van der Waals surface area contributed by atoms with Crippen LogP contribution in [0.25, 0.3) is 6.08 Å². The fourth-order valence-electron chi connectivity index (χ4n) is 4.61. The maximum Gasteiger partial charge on any atom is 0.274 e. The number of fused-ring (bicyclic) bond motifs is 1. The van der Waals surface area contributed by atoms with Crippen LogP contribution in [0, 0.1) is 0 Å². The molecule has 1 saturated heterocycles. The van der Waals surface area contributed by atoms with Gasteiger partial charge in [0.1, 0.15) is 0 Å². The number of carbonyl (C=O) groups excluding carboxylic acids is 2. The van der Waals surface area contributed by atoms with E-state index in [-0.39, 0.29) is 11.8 Å². The second-order valence-corrected chi connectivity index (χ2v) is 8.85. The van der Waals surface area contributed by atoms with Crippen LogP contribution < -0.4 is 15.7 Å². The number of carbonyl (C=O) groups is 2. The van der Waals surface area contributed by atoms with Gasteiger partial charge in [0.05, 0.1) is 7.11 Å². The fraction of sp³-hybridized carbons (Fsp3) is 0.407. The van der Waals surface area contributed by atoms with Gasteiger partial charge in [-0.2, -0.15) is 0 Å². The summed E-state index contributed by atoms with van der Waals surface area (Å²) in [4.78, 5) is 34.0. The Bertz CT molecular complexity index is 1030. The average Bonchev–Trinajstić information content (AvgIpc) is 2.88. The highest BCUT2D eigenvalue weighted by molar-refractivity contribution is 5.98. The SMILES string of the molecule is CONC(=O)c1cccc(N2CCN(CCCCNC(=O)C3=Cc4ccccc4CC3)CC2)c1. The van der Waals surface area contributed by atoms with E-state index in [9.17, 15) is 9.59 Å². The number of hydrogen-bond acceptors (Lipinski definition) is 5. The number of amides is 2. The fourth-order valence-corrected chi connectivity index (χ4v) is 4.61. The van der Waals surface area contributed by atoms with E-state index < -0.39 is 0 Å². The van der Waals surface area contributed by atoms with Crippen molar-refractivity contribution in [2.75, 3.05) is 51.3 Å². The summed E-state index contributed by atoms with van der Waals surface area (Å²) in [5.41, 5.74) is 7.40. The highest BCUT2D eigenvalue weighted by Crippen LogP contribution is 2.23. The monoisotopic (exact) mass is 462 g/mol. The summed E-state index contributed by atoms with van der Waals surface area (Å²) in [6, 6.07) is 15.9. The van der Waals surface area contributed by atoms with E-state index in [1.165, 1.54) is 18.2 Å². The first-order chi connectivity index (χ1) is 16.6. The molecular formula is C27H34N4O3. The maximum atomic E-state index is 12.5. The van der Waals surface area contributed by atoms with Crippen molar-refractivity contribution in [1.29, 1.82) is 0 Å². The largest absolute Gasteiger partial charge is 0.369 e. The molecule has 2 amide bonds. The van der Waals surface area contributed by atoms with Crippen molar-refractivity contribution >= 4 is 23.6 Å². The maximum absolute atomic E-state index is 12.5. The third-order valence-corrected chi connectivity index (χ3v) is 6.57. The summed E-state index contributed by atoms with van der Waals surface area (Å²) in [7, 11) is 1.43. The molecule has 7 nitrogen and oxygen atoms in total. The van der Waals surface area contributed by atoms with Crippen LogP contribution in [0.4, 0.5) is 5.69 Å². The number of nitrogens with one attached hydrogen (secondary N) is 2. The Hall–Kier alpha value is -3.16. The lowest BCUT2D eigenvalue weighted by Gasteiger charge is -2.36. The quantitative estimate of drug-likeness (QED) is 0.443. The number of hydroxylamine groups is 1. The van der Waals surface area contributed by atoms with Crippen molar-refractivity contribution in [3.8, 4) is 0 Å². The molecule has 1 heterocycles. The third-order valence-electron chi connectivity index (χ3n) is 6.57. The summed E-state index contributed by atoms with van der Waals surface area (Å²) in [5, 5.41) is 3.10. The minimum Gasteiger partial charge on any atom is -0.369 e. The number of benzene rings is 2. The summed E-state index contributed by atoms with van der Waals surface area (Å²) < 4.78 is 0. The second kappa shape index (κ2) is 11.8. The number of rotatable bonds is 9. The van der Waals surface area contributed by atoms with Crippen LogP contribution in [-0.2, 0) is 16.1 Å². The molecule has 2 N–H and O–H groups in total. The van der Waals surface area contributed by atoms with Crippen LogP contribution in [0.3, 0.4) is 0 Å². The van der Waals surface area contributed by atoms with E-state index in [0.29, 0.717) is 12.1 Å². The molecule has 2 aromatic rings. The third kappa shape index (κ3) is 6.24. The van der Waals surface area contributed by atoms with Crippen molar-refractivity contribution in [3.63, 3.8) is 0 Å². The Morgan fingerprint density at radius 3 is 2.59 bits per heavy atom. The molecule has 4 rings (SSSR count). The number of piperazine rings is 1. The normalized spacial score (nSPS) is 15.9. The Balaban J connectivity index is 1.14. The first-order valence-corrected chi connectivity index (χ1v) is 12.1. The molecule has 2 aromatic carbocycles. The van der Waals surface area contributed by atoms with Crippen molar-refractivity contribution in [2.24, 2.45) is 0 Å². The molecule has 180 valence electrons. The zero-order chi connectivity index (χ0) is 23.8. The molecule has 1 aliphatic carbocycles. The molecule has 1 aliphatic heterocycles. The van der Waals surface area contributed by atoms with Crippen molar-refractivity contribution in [1.82, 2.24) is 15.7 Å². The molecule has 7 heteroatoms. The molecule has 0 saturated carbocycles.